The lowest BCUT2D eigenvalue weighted by Gasteiger charge is -1.81. The van der Waals surface area contributed by atoms with E-state index in [-0.39, 0.29) is 18.3 Å². The van der Waals surface area contributed by atoms with E-state index in [4.69, 9.17) is 5.11 Å². The van der Waals surface area contributed by atoms with Crippen molar-refractivity contribution in [2.75, 3.05) is 6.61 Å². The molecule has 10 heavy (non-hydrogen) atoms. The monoisotopic (exact) mass is 142 g/mol. The lowest BCUT2D eigenvalue weighted by Crippen LogP contribution is -1.90. The lowest BCUT2D eigenvalue weighted by molar-refractivity contribution is 0.111. The molecule has 0 unspecified atom stereocenters. The first-order valence-corrected chi connectivity index (χ1v) is 2.75. The molecule has 0 aliphatic rings. The summed E-state index contributed by atoms with van der Waals surface area (Å²) in [5, 5.41) is 11.7. The first-order chi connectivity index (χ1) is 4.86. The van der Waals surface area contributed by atoms with E-state index in [9.17, 15) is 4.79 Å². The van der Waals surface area contributed by atoms with Crippen LogP contribution in [-0.4, -0.2) is 28.1 Å². The van der Waals surface area contributed by atoms with Crippen LogP contribution in [0.15, 0.2) is 4.52 Å². The average molecular weight is 142 g/mol. The van der Waals surface area contributed by atoms with Gasteiger partial charge in [0.25, 0.3) is 0 Å². The van der Waals surface area contributed by atoms with Gasteiger partial charge >= 0.3 is 0 Å². The summed E-state index contributed by atoms with van der Waals surface area (Å²) in [6, 6.07) is 0. The zero-order chi connectivity index (χ0) is 7.40. The van der Waals surface area contributed by atoms with Gasteiger partial charge in [-0.3, -0.25) is 4.79 Å². The molecule has 0 fully saturated rings. The number of aromatic nitrogens is 2. The molecule has 1 aromatic heterocycles. The number of carbonyl (C=O) groups excluding carboxylic acids is 1. The van der Waals surface area contributed by atoms with Crippen LogP contribution in [0.25, 0.3) is 0 Å². The van der Waals surface area contributed by atoms with Gasteiger partial charge in [-0.1, -0.05) is 5.16 Å². The molecule has 0 aliphatic carbocycles. The Morgan fingerprint density at radius 2 is 2.50 bits per heavy atom. The van der Waals surface area contributed by atoms with Crippen LogP contribution in [0.2, 0.25) is 0 Å². The minimum absolute atomic E-state index is 0.0171. The van der Waals surface area contributed by atoms with Crippen molar-refractivity contribution >= 4 is 6.29 Å². The third-order valence-electron chi connectivity index (χ3n) is 0.915. The van der Waals surface area contributed by atoms with Gasteiger partial charge in [0.15, 0.2) is 6.29 Å². The second kappa shape index (κ2) is 3.07. The molecule has 0 amide bonds. The summed E-state index contributed by atoms with van der Waals surface area (Å²) in [7, 11) is 0. The van der Waals surface area contributed by atoms with Crippen LogP contribution in [0, 0.1) is 0 Å². The largest absolute Gasteiger partial charge is 0.396 e. The highest BCUT2D eigenvalue weighted by Crippen LogP contribution is 1.94. The first kappa shape index (κ1) is 6.88. The van der Waals surface area contributed by atoms with Crippen LogP contribution in [0.3, 0.4) is 0 Å². The molecular weight excluding hydrogens is 136 g/mol. The molecule has 0 aliphatic heterocycles. The van der Waals surface area contributed by atoms with E-state index in [1.54, 1.807) is 0 Å². The molecule has 0 aromatic carbocycles. The molecular formula is C5H6N2O3. The van der Waals surface area contributed by atoms with Crippen molar-refractivity contribution in [3.8, 4) is 0 Å². The van der Waals surface area contributed by atoms with Crippen LogP contribution >= 0.6 is 0 Å². The number of carbonyl (C=O) groups is 1. The summed E-state index contributed by atoms with van der Waals surface area (Å²) < 4.78 is 4.54. The second-order valence-electron chi connectivity index (χ2n) is 1.64. The van der Waals surface area contributed by atoms with E-state index in [1.165, 1.54) is 0 Å². The van der Waals surface area contributed by atoms with Crippen molar-refractivity contribution in [1.82, 2.24) is 10.1 Å². The van der Waals surface area contributed by atoms with Gasteiger partial charge in [0.1, 0.15) is 0 Å². The molecule has 5 heteroatoms. The minimum Gasteiger partial charge on any atom is -0.396 e. The van der Waals surface area contributed by atoms with Gasteiger partial charge in [0.05, 0.1) is 13.0 Å². The lowest BCUT2D eigenvalue weighted by atomic mass is 10.5. The fourth-order valence-electron chi connectivity index (χ4n) is 0.513. The Bertz CT molecular complexity index is 220. The molecule has 0 spiro atoms. The third-order valence-corrected chi connectivity index (χ3v) is 0.915. The van der Waals surface area contributed by atoms with Gasteiger partial charge in [-0.25, -0.2) is 0 Å². The SMILES string of the molecule is O=Cc1noc(CCO)n1. The Labute approximate surface area is 56.7 Å². The second-order valence-corrected chi connectivity index (χ2v) is 1.64. The Hall–Kier alpha value is -1.23. The number of hydrogen-bond donors (Lipinski definition) is 1. The van der Waals surface area contributed by atoms with Gasteiger partial charge in [-0.05, 0) is 0 Å². The molecule has 1 N–H and O–H groups in total. The van der Waals surface area contributed by atoms with Crippen molar-refractivity contribution in [3.05, 3.63) is 11.7 Å². The molecule has 1 aromatic rings. The molecule has 0 bridgehead atoms. The molecule has 54 valence electrons. The maximum Gasteiger partial charge on any atom is 0.235 e. The summed E-state index contributed by atoms with van der Waals surface area (Å²) in [5.74, 6) is 0.299. The standard InChI is InChI=1S/C5H6N2O3/c8-2-1-5-6-4(3-9)7-10-5/h3,8H,1-2H2. The highest BCUT2D eigenvalue weighted by molar-refractivity contribution is 5.68. The Morgan fingerprint density at radius 3 is 3.00 bits per heavy atom. The maximum absolute atomic E-state index is 9.98. The minimum atomic E-state index is -0.0551. The van der Waals surface area contributed by atoms with Crippen molar-refractivity contribution in [2.24, 2.45) is 0 Å². The van der Waals surface area contributed by atoms with Gasteiger partial charge in [0.2, 0.25) is 11.7 Å². The molecule has 0 saturated carbocycles. The van der Waals surface area contributed by atoms with Gasteiger partial charge in [-0.2, -0.15) is 4.98 Å². The smallest absolute Gasteiger partial charge is 0.235 e. The van der Waals surface area contributed by atoms with Crippen LogP contribution < -0.4 is 0 Å². The fraction of sp³-hybridized carbons (Fsp3) is 0.400. The quantitative estimate of drug-likeness (QED) is 0.571. The zero-order valence-electron chi connectivity index (χ0n) is 5.15. The van der Waals surface area contributed by atoms with Gasteiger partial charge in [0, 0.05) is 0 Å². The highest BCUT2D eigenvalue weighted by Gasteiger charge is 2.02. The van der Waals surface area contributed by atoms with Crippen LogP contribution in [0.1, 0.15) is 16.5 Å². The number of aldehydes is 1. The predicted molar refractivity (Wildman–Crippen MR) is 30.5 cm³/mol. The predicted octanol–water partition coefficient (Wildman–Crippen LogP) is -0.583. The summed E-state index contributed by atoms with van der Waals surface area (Å²) in [4.78, 5) is 13.6. The van der Waals surface area contributed by atoms with Crippen LogP contribution in [0.5, 0.6) is 0 Å². The topological polar surface area (TPSA) is 76.2 Å². The van der Waals surface area contributed by atoms with E-state index in [0.29, 0.717) is 12.7 Å². The van der Waals surface area contributed by atoms with Crippen molar-refractivity contribution < 1.29 is 14.4 Å². The third kappa shape index (κ3) is 1.38. The van der Waals surface area contributed by atoms with Crippen molar-refractivity contribution in [3.63, 3.8) is 0 Å². The summed E-state index contributed by atoms with van der Waals surface area (Å²) >= 11 is 0. The summed E-state index contributed by atoms with van der Waals surface area (Å²) in [6.07, 6.45) is 0.783. The molecule has 1 heterocycles. The van der Waals surface area contributed by atoms with E-state index in [1.807, 2.05) is 0 Å². The van der Waals surface area contributed by atoms with Gasteiger partial charge in [-0.15, -0.1) is 0 Å². The van der Waals surface area contributed by atoms with Gasteiger partial charge < -0.3 is 9.63 Å². The van der Waals surface area contributed by atoms with Crippen molar-refractivity contribution in [1.29, 1.82) is 0 Å². The first-order valence-electron chi connectivity index (χ1n) is 2.75. The normalized spacial score (nSPS) is 9.70. The van der Waals surface area contributed by atoms with E-state index in [2.05, 4.69) is 14.7 Å². The van der Waals surface area contributed by atoms with E-state index >= 15 is 0 Å². The number of rotatable bonds is 3. The molecule has 1 rings (SSSR count). The average Bonchev–Trinajstić information content (AvgIpc) is 2.37. The molecule has 0 saturated heterocycles. The Kier molecular flexibility index (Phi) is 2.11. The summed E-state index contributed by atoms with van der Waals surface area (Å²) in [5.41, 5.74) is 0. The van der Waals surface area contributed by atoms with Crippen molar-refractivity contribution in [2.45, 2.75) is 6.42 Å². The number of hydrogen-bond acceptors (Lipinski definition) is 5. The molecule has 0 atom stereocenters. The van der Waals surface area contributed by atoms with E-state index in [0.717, 1.165) is 0 Å². The fourth-order valence-corrected chi connectivity index (χ4v) is 0.513. The Balaban J connectivity index is 2.68. The highest BCUT2D eigenvalue weighted by atomic mass is 16.5. The number of aliphatic hydroxyl groups excluding tert-OH is 1. The number of nitrogens with zero attached hydrogens (tertiary/aromatic N) is 2. The summed E-state index contributed by atoms with van der Waals surface area (Å²) in [6.45, 7) is -0.0551. The van der Waals surface area contributed by atoms with E-state index < -0.39 is 0 Å². The van der Waals surface area contributed by atoms with Crippen LogP contribution in [0.4, 0.5) is 0 Å². The maximum atomic E-state index is 9.98. The molecule has 0 radical (unpaired) electrons. The molecule has 5 nitrogen and oxygen atoms in total. The number of aliphatic hydroxyl groups is 1. The zero-order valence-corrected chi connectivity index (χ0v) is 5.15. The Morgan fingerprint density at radius 1 is 1.70 bits per heavy atom. The van der Waals surface area contributed by atoms with Crippen LogP contribution in [-0.2, 0) is 6.42 Å².